The summed E-state index contributed by atoms with van der Waals surface area (Å²) in [6.45, 7) is 0. The lowest BCUT2D eigenvalue weighted by atomic mass is 10.1. The molecule has 0 bridgehead atoms. The zero-order valence-electron chi connectivity index (χ0n) is 13.5. The number of rotatable bonds is 4. The molecule has 128 valence electrons. The van der Waals surface area contributed by atoms with Crippen molar-refractivity contribution >= 4 is 18.4 Å². The average molecular weight is 362 g/mol. The number of aromatic nitrogens is 5. The normalized spacial score (nSPS) is 11.2. The summed E-state index contributed by atoms with van der Waals surface area (Å²) in [5.41, 5.74) is 3.04. The molecule has 0 spiro atoms. The molecule has 4 rings (SSSR count). The first-order valence-electron chi connectivity index (χ1n) is 7.83. The van der Waals surface area contributed by atoms with Crippen molar-refractivity contribution < 1.29 is 5.11 Å². The van der Waals surface area contributed by atoms with Crippen LogP contribution in [-0.4, -0.2) is 36.4 Å². The number of aromatic hydroxyl groups is 1. The molecule has 0 saturated heterocycles. The van der Waals surface area contributed by atoms with Gasteiger partial charge in [-0.1, -0.05) is 42.5 Å². The van der Waals surface area contributed by atoms with Crippen LogP contribution in [0.1, 0.15) is 5.56 Å². The molecule has 2 aromatic heterocycles. The van der Waals surface area contributed by atoms with Crippen LogP contribution in [0.5, 0.6) is 5.75 Å². The van der Waals surface area contributed by atoms with Crippen molar-refractivity contribution in [3.63, 3.8) is 0 Å². The van der Waals surface area contributed by atoms with E-state index in [4.69, 9.17) is 12.2 Å². The monoisotopic (exact) mass is 362 g/mol. The third-order valence-electron chi connectivity index (χ3n) is 3.79. The summed E-state index contributed by atoms with van der Waals surface area (Å²) in [4.78, 5) is 0. The van der Waals surface area contributed by atoms with Gasteiger partial charge in [-0.15, -0.1) is 0 Å². The Bertz CT molecular complexity index is 1130. The zero-order chi connectivity index (χ0) is 17.9. The van der Waals surface area contributed by atoms with Gasteiger partial charge < -0.3 is 5.11 Å². The van der Waals surface area contributed by atoms with E-state index >= 15 is 0 Å². The molecule has 0 unspecified atom stereocenters. The minimum Gasteiger partial charge on any atom is -0.507 e. The van der Waals surface area contributed by atoms with E-state index in [9.17, 15) is 5.11 Å². The van der Waals surface area contributed by atoms with Crippen LogP contribution >= 0.6 is 12.2 Å². The SMILES string of the molecule is Oc1ccccc1/C=N/n1c(-c2cc(-c3ccccc3)n[nH]2)n[nH]c1=S. The molecule has 0 saturated carbocycles. The molecule has 0 fully saturated rings. The van der Waals surface area contributed by atoms with Gasteiger partial charge >= 0.3 is 0 Å². The van der Waals surface area contributed by atoms with E-state index in [0.717, 1.165) is 11.3 Å². The van der Waals surface area contributed by atoms with E-state index in [1.54, 1.807) is 18.2 Å². The third-order valence-corrected chi connectivity index (χ3v) is 4.05. The highest BCUT2D eigenvalue weighted by Gasteiger charge is 2.12. The van der Waals surface area contributed by atoms with Crippen LogP contribution in [0, 0.1) is 4.77 Å². The molecule has 0 aliphatic rings. The molecular weight excluding hydrogens is 348 g/mol. The lowest BCUT2D eigenvalue weighted by molar-refractivity contribution is 0.474. The highest BCUT2D eigenvalue weighted by atomic mass is 32.1. The molecule has 4 aromatic rings. The van der Waals surface area contributed by atoms with Crippen molar-refractivity contribution in [2.24, 2.45) is 5.10 Å². The lowest BCUT2D eigenvalue weighted by Gasteiger charge is -1.99. The van der Waals surface area contributed by atoms with Gasteiger partial charge in [-0.3, -0.25) is 5.10 Å². The van der Waals surface area contributed by atoms with Gasteiger partial charge in [0.15, 0.2) is 0 Å². The minimum atomic E-state index is 0.140. The summed E-state index contributed by atoms with van der Waals surface area (Å²) in [6.07, 6.45) is 1.53. The van der Waals surface area contributed by atoms with Crippen molar-refractivity contribution in [2.45, 2.75) is 0 Å². The zero-order valence-corrected chi connectivity index (χ0v) is 14.3. The number of hydrogen-bond donors (Lipinski definition) is 3. The molecule has 0 radical (unpaired) electrons. The lowest BCUT2D eigenvalue weighted by Crippen LogP contribution is -1.95. The molecule has 3 N–H and O–H groups in total. The average Bonchev–Trinajstić information content (AvgIpc) is 3.29. The van der Waals surface area contributed by atoms with Gasteiger partial charge in [0.2, 0.25) is 10.6 Å². The number of aromatic amines is 2. The first-order chi connectivity index (χ1) is 12.7. The van der Waals surface area contributed by atoms with Crippen LogP contribution in [0.2, 0.25) is 0 Å². The molecule has 2 heterocycles. The van der Waals surface area contributed by atoms with Crippen molar-refractivity contribution in [3.8, 4) is 28.5 Å². The predicted molar refractivity (Wildman–Crippen MR) is 102 cm³/mol. The maximum Gasteiger partial charge on any atom is 0.216 e. The maximum absolute atomic E-state index is 9.86. The van der Waals surface area contributed by atoms with Gasteiger partial charge in [-0.05, 0) is 30.4 Å². The van der Waals surface area contributed by atoms with E-state index in [-0.39, 0.29) is 5.75 Å². The van der Waals surface area contributed by atoms with Crippen LogP contribution in [0.3, 0.4) is 0 Å². The van der Waals surface area contributed by atoms with Crippen molar-refractivity contribution in [1.82, 2.24) is 25.1 Å². The highest BCUT2D eigenvalue weighted by Crippen LogP contribution is 2.22. The van der Waals surface area contributed by atoms with Crippen molar-refractivity contribution in [2.75, 3.05) is 0 Å². The Hall–Kier alpha value is -3.52. The molecule has 7 nitrogen and oxygen atoms in total. The van der Waals surface area contributed by atoms with Gasteiger partial charge in [0, 0.05) is 11.1 Å². The van der Waals surface area contributed by atoms with Crippen molar-refractivity contribution in [1.29, 1.82) is 0 Å². The number of phenols is 1. The predicted octanol–water partition coefficient (Wildman–Crippen LogP) is 3.59. The summed E-state index contributed by atoms with van der Waals surface area (Å²) in [6, 6.07) is 18.6. The van der Waals surface area contributed by atoms with E-state index in [2.05, 4.69) is 25.5 Å². The van der Waals surface area contributed by atoms with E-state index in [1.807, 2.05) is 42.5 Å². The fraction of sp³-hybridized carbons (Fsp3) is 0. The third kappa shape index (κ3) is 3.05. The summed E-state index contributed by atoms with van der Waals surface area (Å²) in [5.74, 6) is 0.636. The van der Waals surface area contributed by atoms with Crippen LogP contribution in [-0.2, 0) is 0 Å². The summed E-state index contributed by atoms with van der Waals surface area (Å²) in [5, 5.41) is 28.4. The van der Waals surface area contributed by atoms with Gasteiger partial charge in [-0.25, -0.2) is 5.10 Å². The fourth-order valence-electron chi connectivity index (χ4n) is 2.48. The van der Waals surface area contributed by atoms with Gasteiger partial charge in [-0.2, -0.15) is 20.0 Å². The maximum atomic E-state index is 9.86. The fourth-order valence-corrected chi connectivity index (χ4v) is 2.66. The Morgan fingerprint density at radius 2 is 1.77 bits per heavy atom. The van der Waals surface area contributed by atoms with Gasteiger partial charge in [0.25, 0.3) is 0 Å². The number of benzene rings is 2. The quantitative estimate of drug-likeness (QED) is 0.382. The second-order valence-corrected chi connectivity index (χ2v) is 5.89. The molecule has 0 aliphatic carbocycles. The van der Waals surface area contributed by atoms with E-state index < -0.39 is 0 Å². The number of phenolic OH excluding ortho intramolecular Hbond substituents is 1. The van der Waals surface area contributed by atoms with Gasteiger partial charge in [0.05, 0.1) is 11.9 Å². The van der Waals surface area contributed by atoms with Crippen LogP contribution in [0.4, 0.5) is 0 Å². The topological polar surface area (TPSA) is 94.9 Å². The van der Waals surface area contributed by atoms with Crippen LogP contribution in [0.25, 0.3) is 22.8 Å². The number of nitrogens with zero attached hydrogens (tertiary/aromatic N) is 4. The highest BCUT2D eigenvalue weighted by molar-refractivity contribution is 7.71. The first kappa shape index (κ1) is 16.0. The molecule has 26 heavy (non-hydrogen) atoms. The van der Waals surface area contributed by atoms with Crippen LogP contribution < -0.4 is 0 Å². The molecule has 0 amide bonds. The summed E-state index contributed by atoms with van der Waals surface area (Å²) in [7, 11) is 0. The molecular formula is C18H14N6OS. The second kappa shape index (κ2) is 6.77. The number of H-pyrrole nitrogens is 2. The Labute approximate surface area is 153 Å². The molecule has 0 aliphatic heterocycles. The number of para-hydroxylation sites is 1. The minimum absolute atomic E-state index is 0.140. The summed E-state index contributed by atoms with van der Waals surface area (Å²) >= 11 is 5.26. The Morgan fingerprint density at radius 1 is 1.00 bits per heavy atom. The van der Waals surface area contributed by atoms with E-state index in [0.29, 0.717) is 21.9 Å². The van der Waals surface area contributed by atoms with Gasteiger partial charge in [0.1, 0.15) is 11.4 Å². The Kier molecular flexibility index (Phi) is 4.16. The van der Waals surface area contributed by atoms with Crippen LogP contribution in [0.15, 0.2) is 65.8 Å². The van der Waals surface area contributed by atoms with Crippen molar-refractivity contribution in [3.05, 3.63) is 71.0 Å². The standard InChI is InChI=1S/C18H14N6OS/c25-16-9-5-4-8-13(16)11-19-24-17(22-23-18(24)26)15-10-14(20-21-15)12-6-2-1-3-7-12/h1-11,25H,(H,20,21)(H,23,26)/b19-11+. The molecule has 2 aromatic carbocycles. The summed E-state index contributed by atoms with van der Waals surface area (Å²) < 4.78 is 1.81. The molecule has 0 atom stereocenters. The largest absolute Gasteiger partial charge is 0.507 e. The number of hydrogen-bond acceptors (Lipinski definition) is 5. The Morgan fingerprint density at radius 3 is 2.58 bits per heavy atom. The van der Waals surface area contributed by atoms with E-state index in [1.165, 1.54) is 10.9 Å². The Balaban J connectivity index is 1.70. The molecule has 8 heteroatoms. The second-order valence-electron chi connectivity index (χ2n) is 5.50. The number of nitrogens with one attached hydrogen (secondary N) is 2. The smallest absolute Gasteiger partial charge is 0.216 e. The first-order valence-corrected chi connectivity index (χ1v) is 8.24.